The zero-order valence-electron chi connectivity index (χ0n) is 20.1. The maximum atomic E-state index is 4.83. The standard InChI is InChI=1S/C28H26N8/c1-33-16-18-34(19-17-33)24-27-31-29-25(20-10-4-2-5-11-20)35(27)22-14-8-9-15-23(22)36-26(30-32-28(24)36)21-12-6-3-7-13-21/h2-15,24H,16-19H2,1H3. The highest BCUT2D eigenvalue weighted by atomic mass is 15.4. The van der Waals surface area contributed by atoms with Gasteiger partial charge in [-0.2, -0.15) is 0 Å². The van der Waals surface area contributed by atoms with E-state index in [2.05, 4.69) is 74.5 Å². The summed E-state index contributed by atoms with van der Waals surface area (Å²) >= 11 is 0. The van der Waals surface area contributed by atoms with E-state index in [1.54, 1.807) is 0 Å². The largest absolute Gasteiger partial charge is 0.304 e. The van der Waals surface area contributed by atoms with Gasteiger partial charge < -0.3 is 4.90 Å². The molecule has 0 amide bonds. The first-order valence-corrected chi connectivity index (χ1v) is 12.3. The molecule has 36 heavy (non-hydrogen) atoms. The molecule has 2 aromatic heterocycles. The first-order valence-electron chi connectivity index (χ1n) is 12.3. The molecular formula is C28H26N8. The molecule has 7 rings (SSSR count). The Morgan fingerprint density at radius 1 is 0.556 bits per heavy atom. The van der Waals surface area contributed by atoms with Gasteiger partial charge in [0.1, 0.15) is 6.04 Å². The van der Waals surface area contributed by atoms with Gasteiger partial charge in [0, 0.05) is 37.3 Å². The van der Waals surface area contributed by atoms with E-state index in [9.17, 15) is 0 Å². The number of fused-ring (bicyclic) bond motifs is 5. The third kappa shape index (κ3) is 3.30. The number of rotatable bonds is 3. The van der Waals surface area contributed by atoms with E-state index in [1.165, 1.54) is 0 Å². The van der Waals surface area contributed by atoms with Crippen molar-refractivity contribution in [2.45, 2.75) is 6.04 Å². The van der Waals surface area contributed by atoms with Gasteiger partial charge in [-0.25, -0.2) is 0 Å². The number of likely N-dealkylation sites (N-methyl/N-ethyl adjacent to an activating group) is 1. The maximum Gasteiger partial charge on any atom is 0.168 e. The van der Waals surface area contributed by atoms with E-state index in [4.69, 9.17) is 20.4 Å². The molecule has 0 spiro atoms. The Hall–Kier alpha value is -4.14. The fraction of sp³-hybridized carbons (Fsp3) is 0.214. The number of hydrogen-bond acceptors (Lipinski definition) is 6. The summed E-state index contributed by atoms with van der Waals surface area (Å²) in [5.74, 6) is 3.41. The summed E-state index contributed by atoms with van der Waals surface area (Å²) in [6.07, 6.45) is 0. The zero-order valence-corrected chi connectivity index (χ0v) is 20.1. The Morgan fingerprint density at radius 2 is 1.00 bits per heavy atom. The Morgan fingerprint density at radius 3 is 1.47 bits per heavy atom. The average Bonchev–Trinajstić information content (AvgIpc) is 3.54. The monoisotopic (exact) mass is 474 g/mol. The Balaban J connectivity index is 1.52. The van der Waals surface area contributed by atoms with Crippen molar-refractivity contribution in [1.29, 1.82) is 0 Å². The molecular weight excluding hydrogens is 448 g/mol. The summed E-state index contributed by atoms with van der Waals surface area (Å²) in [5.41, 5.74) is 4.10. The molecule has 3 aromatic carbocycles. The molecule has 0 atom stereocenters. The topological polar surface area (TPSA) is 67.9 Å². The van der Waals surface area contributed by atoms with E-state index in [-0.39, 0.29) is 6.04 Å². The molecule has 5 aromatic rings. The smallest absolute Gasteiger partial charge is 0.168 e. The van der Waals surface area contributed by atoms with Crippen molar-refractivity contribution >= 4 is 0 Å². The van der Waals surface area contributed by atoms with Gasteiger partial charge in [0.25, 0.3) is 0 Å². The predicted octanol–water partition coefficient (Wildman–Crippen LogP) is 3.83. The fourth-order valence-electron chi connectivity index (χ4n) is 5.33. The van der Waals surface area contributed by atoms with Gasteiger partial charge in [0.15, 0.2) is 23.3 Å². The van der Waals surface area contributed by atoms with E-state index in [0.29, 0.717) is 0 Å². The highest BCUT2D eigenvalue weighted by molar-refractivity contribution is 5.68. The van der Waals surface area contributed by atoms with Gasteiger partial charge in [-0.15, -0.1) is 20.4 Å². The lowest BCUT2D eigenvalue weighted by atomic mass is 10.1. The van der Waals surface area contributed by atoms with Gasteiger partial charge in [-0.1, -0.05) is 72.8 Å². The molecule has 1 fully saturated rings. The van der Waals surface area contributed by atoms with Gasteiger partial charge >= 0.3 is 0 Å². The zero-order chi connectivity index (χ0) is 24.1. The van der Waals surface area contributed by atoms with Crippen LogP contribution in [0.25, 0.3) is 34.2 Å². The van der Waals surface area contributed by atoms with Crippen LogP contribution in [-0.4, -0.2) is 72.6 Å². The molecule has 0 N–H and O–H groups in total. The van der Waals surface area contributed by atoms with Crippen molar-refractivity contribution in [2.24, 2.45) is 0 Å². The van der Waals surface area contributed by atoms with Crippen LogP contribution in [0.3, 0.4) is 0 Å². The number of nitrogens with zero attached hydrogens (tertiary/aromatic N) is 8. The lowest BCUT2D eigenvalue weighted by Gasteiger charge is -2.36. The van der Waals surface area contributed by atoms with Crippen molar-refractivity contribution < 1.29 is 0 Å². The van der Waals surface area contributed by atoms with E-state index in [0.717, 1.165) is 72.0 Å². The van der Waals surface area contributed by atoms with Crippen molar-refractivity contribution in [3.63, 3.8) is 0 Å². The molecule has 0 saturated carbocycles. The van der Waals surface area contributed by atoms with Gasteiger partial charge in [-0.3, -0.25) is 14.0 Å². The van der Waals surface area contributed by atoms with Crippen LogP contribution in [0.5, 0.6) is 0 Å². The highest BCUT2D eigenvalue weighted by Gasteiger charge is 2.39. The second-order valence-electron chi connectivity index (χ2n) is 9.40. The van der Waals surface area contributed by atoms with Crippen molar-refractivity contribution in [3.05, 3.63) is 96.6 Å². The molecule has 4 heterocycles. The molecule has 0 unspecified atom stereocenters. The minimum absolute atomic E-state index is 0.180. The van der Waals surface area contributed by atoms with E-state index in [1.807, 2.05) is 36.4 Å². The summed E-state index contributed by atoms with van der Waals surface area (Å²) < 4.78 is 4.44. The number of benzene rings is 3. The minimum atomic E-state index is -0.180. The second-order valence-corrected chi connectivity index (χ2v) is 9.40. The Kier molecular flexibility index (Phi) is 5.00. The fourth-order valence-corrected chi connectivity index (χ4v) is 5.33. The Labute approximate surface area is 209 Å². The van der Waals surface area contributed by atoms with Crippen LogP contribution in [-0.2, 0) is 0 Å². The van der Waals surface area contributed by atoms with Gasteiger partial charge in [0.2, 0.25) is 0 Å². The lowest BCUT2D eigenvalue weighted by molar-refractivity contribution is 0.119. The predicted molar refractivity (Wildman–Crippen MR) is 138 cm³/mol. The number of piperazine rings is 1. The molecule has 0 bridgehead atoms. The molecule has 0 radical (unpaired) electrons. The quantitative estimate of drug-likeness (QED) is 0.396. The first kappa shape index (κ1) is 21.2. The molecule has 1 saturated heterocycles. The van der Waals surface area contributed by atoms with Gasteiger partial charge in [-0.05, 0) is 19.2 Å². The third-order valence-corrected chi connectivity index (χ3v) is 7.20. The van der Waals surface area contributed by atoms with Crippen LogP contribution in [0.2, 0.25) is 0 Å². The number of aromatic nitrogens is 6. The van der Waals surface area contributed by atoms with Crippen LogP contribution < -0.4 is 0 Å². The molecule has 8 heteroatoms. The number of hydrogen-bond donors (Lipinski definition) is 0. The van der Waals surface area contributed by atoms with Crippen LogP contribution >= 0.6 is 0 Å². The molecule has 2 aliphatic heterocycles. The number of para-hydroxylation sites is 2. The summed E-state index contributed by atoms with van der Waals surface area (Å²) in [4.78, 5) is 4.83. The van der Waals surface area contributed by atoms with Crippen LogP contribution in [0.1, 0.15) is 17.7 Å². The minimum Gasteiger partial charge on any atom is -0.304 e. The summed E-state index contributed by atoms with van der Waals surface area (Å²) in [6.45, 7) is 3.81. The maximum absolute atomic E-state index is 4.83. The first-order chi connectivity index (χ1) is 17.8. The highest BCUT2D eigenvalue weighted by Crippen LogP contribution is 2.40. The third-order valence-electron chi connectivity index (χ3n) is 7.20. The summed E-state index contributed by atoms with van der Waals surface area (Å²) in [6, 6.07) is 28.8. The lowest BCUT2D eigenvalue weighted by Crippen LogP contribution is -2.47. The van der Waals surface area contributed by atoms with Crippen molar-refractivity contribution in [1.82, 2.24) is 39.3 Å². The molecule has 2 aliphatic rings. The summed E-state index contributed by atoms with van der Waals surface area (Å²) in [5, 5.41) is 19.1. The normalized spacial score (nSPS) is 16.2. The van der Waals surface area contributed by atoms with E-state index < -0.39 is 0 Å². The molecule has 178 valence electrons. The average molecular weight is 475 g/mol. The van der Waals surface area contributed by atoms with Gasteiger partial charge in [0.05, 0.1) is 11.4 Å². The molecule has 0 aliphatic carbocycles. The van der Waals surface area contributed by atoms with E-state index >= 15 is 0 Å². The Bertz CT molecular complexity index is 1410. The molecule has 8 nitrogen and oxygen atoms in total. The van der Waals surface area contributed by atoms with Crippen molar-refractivity contribution in [2.75, 3.05) is 33.2 Å². The SMILES string of the molecule is CN1CCN(C2c3nnc(-c4ccccc4)n3-c3ccccc3-n3c(-c4ccccc4)nnc32)CC1. The van der Waals surface area contributed by atoms with Crippen LogP contribution in [0, 0.1) is 0 Å². The second kappa shape index (κ2) is 8.51. The van der Waals surface area contributed by atoms with Crippen LogP contribution in [0.15, 0.2) is 84.9 Å². The summed E-state index contributed by atoms with van der Waals surface area (Å²) in [7, 11) is 2.17. The van der Waals surface area contributed by atoms with Crippen LogP contribution in [0.4, 0.5) is 0 Å². The van der Waals surface area contributed by atoms with Crippen molar-refractivity contribution in [3.8, 4) is 34.2 Å².